The Bertz CT molecular complexity index is 419. The van der Waals surface area contributed by atoms with Crippen molar-refractivity contribution in [1.82, 2.24) is 30.4 Å². The van der Waals surface area contributed by atoms with Gasteiger partial charge in [0.05, 0.1) is 6.04 Å². The van der Waals surface area contributed by atoms with Crippen molar-refractivity contribution in [3.05, 3.63) is 30.1 Å². The van der Waals surface area contributed by atoms with Crippen LogP contribution in [0.2, 0.25) is 0 Å². The zero-order valence-corrected chi connectivity index (χ0v) is 9.09. The van der Waals surface area contributed by atoms with Crippen molar-refractivity contribution >= 4 is 0 Å². The standard InChI is InChI=1S/C9H15N7/c1-16-7(4-5-13-16)2-3-8(14-10)9-11-6-12-15-9/h4-6,8,14H,2-3,10H2,1H3,(H,11,12,15). The first-order valence-electron chi connectivity index (χ1n) is 5.09. The van der Waals surface area contributed by atoms with Crippen LogP contribution in [0.3, 0.4) is 0 Å². The van der Waals surface area contributed by atoms with Gasteiger partial charge in [-0.2, -0.15) is 10.2 Å². The summed E-state index contributed by atoms with van der Waals surface area (Å²) in [6.07, 6.45) is 4.98. The van der Waals surface area contributed by atoms with Gasteiger partial charge in [0.15, 0.2) is 0 Å². The second-order valence-corrected chi connectivity index (χ2v) is 3.57. The summed E-state index contributed by atoms with van der Waals surface area (Å²) in [7, 11) is 1.93. The number of nitrogens with one attached hydrogen (secondary N) is 2. The van der Waals surface area contributed by atoms with Gasteiger partial charge in [0, 0.05) is 18.9 Å². The second kappa shape index (κ2) is 4.86. The Labute approximate surface area is 93.0 Å². The van der Waals surface area contributed by atoms with E-state index in [-0.39, 0.29) is 6.04 Å². The minimum Gasteiger partial charge on any atom is -0.273 e. The summed E-state index contributed by atoms with van der Waals surface area (Å²) in [5.74, 6) is 6.24. The summed E-state index contributed by atoms with van der Waals surface area (Å²) in [5, 5.41) is 10.7. The number of H-pyrrole nitrogens is 1. The number of hydrazine groups is 1. The molecule has 1 atom stereocenters. The van der Waals surface area contributed by atoms with Gasteiger partial charge < -0.3 is 0 Å². The first-order chi connectivity index (χ1) is 7.81. The molecule has 0 spiro atoms. The number of hydrogen-bond acceptors (Lipinski definition) is 5. The first kappa shape index (κ1) is 10.8. The average Bonchev–Trinajstić information content (AvgIpc) is 2.92. The number of aromatic nitrogens is 5. The van der Waals surface area contributed by atoms with E-state index in [1.54, 1.807) is 6.20 Å². The van der Waals surface area contributed by atoms with E-state index in [9.17, 15) is 0 Å². The van der Waals surface area contributed by atoms with Crippen LogP contribution in [0.5, 0.6) is 0 Å². The average molecular weight is 221 g/mol. The molecule has 2 aromatic rings. The fourth-order valence-electron chi connectivity index (χ4n) is 1.62. The van der Waals surface area contributed by atoms with Gasteiger partial charge in [0.2, 0.25) is 0 Å². The number of aryl methyl sites for hydroxylation is 2. The number of nitrogens with two attached hydrogens (primary N) is 1. The van der Waals surface area contributed by atoms with Crippen molar-refractivity contribution in [3.8, 4) is 0 Å². The lowest BCUT2D eigenvalue weighted by atomic mass is 10.1. The molecule has 0 aliphatic carbocycles. The van der Waals surface area contributed by atoms with Crippen LogP contribution in [-0.2, 0) is 13.5 Å². The lowest BCUT2D eigenvalue weighted by molar-refractivity contribution is 0.485. The van der Waals surface area contributed by atoms with E-state index in [2.05, 4.69) is 25.7 Å². The molecule has 4 N–H and O–H groups in total. The van der Waals surface area contributed by atoms with Gasteiger partial charge in [0.25, 0.3) is 0 Å². The maximum atomic E-state index is 5.48. The minimum absolute atomic E-state index is 0.0163. The lowest BCUT2D eigenvalue weighted by Gasteiger charge is -2.12. The van der Waals surface area contributed by atoms with Gasteiger partial charge in [-0.1, -0.05) is 0 Å². The van der Waals surface area contributed by atoms with E-state index in [4.69, 9.17) is 5.84 Å². The highest BCUT2D eigenvalue weighted by molar-refractivity contribution is 5.02. The van der Waals surface area contributed by atoms with Gasteiger partial charge in [0.1, 0.15) is 12.2 Å². The molecule has 16 heavy (non-hydrogen) atoms. The van der Waals surface area contributed by atoms with E-state index in [1.807, 2.05) is 17.8 Å². The highest BCUT2D eigenvalue weighted by atomic mass is 15.3. The van der Waals surface area contributed by atoms with Gasteiger partial charge in [-0.05, 0) is 18.9 Å². The van der Waals surface area contributed by atoms with Gasteiger partial charge in [-0.15, -0.1) is 0 Å². The minimum atomic E-state index is -0.0163. The summed E-state index contributed by atoms with van der Waals surface area (Å²) in [4.78, 5) is 4.08. The predicted octanol–water partition coefficient (Wildman–Crippen LogP) is -0.325. The Hall–Kier alpha value is -1.73. The van der Waals surface area contributed by atoms with E-state index in [0.29, 0.717) is 0 Å². The molecule has 0 radical (unpaired) electrons. The van der Waals surface area contributed by atoms with Crippen molar-refractivity contribution < 1.29 is 0 Å². The summed E-state index contributed by atoms with van der Waals surface area (Å²) in [5.41, 5.74) is 3.89. The van der Waals surface area contributed by atoms with Crippen LogP contribution in [-0.4, -0.2) is 25.0 Å². The molecule has 0 saturated heterocycles. The number of rotatable bonds is 5. The summed E-state index contributed by atoms with van der Waals surface area (Å²) >= 11 is 0. The molecule has 7 nitrogen and oxygen atoms in total. The van der Waals surface area contributed by atoms with Crippen molar-refractivity contribution in [2.24, 2.45) is 12.9 Å². The highest BCUT2D eigenvalue weighted by Crippen LogP contribution is 2.13. The maximum Gasteiger partial charge on any atom is 0.142 e. The molecule has 1 unspecified atom stereocenters. The SMILES string of the molecule is Cn1nccc1CCC(NN)c1ncn[nH]1. The molecular weight excluding hydrogens is 206 g/mol. The second-order valence-electron chi connectivity index (χ2n) is 3.57. The van der Waals surface area contributed by atoms with E-state index in [1.165, 1.54) is 12.0 Å². The molecule has 2 rings (SSSR count). The summed E-state index contributed by atoms with van der Waals surface area (Å²) in [6.45, 7) is 0. The number of nitrogens with zero attached hydrogens (tertiary/aromatic N) is 4. The molecule has 2 aromatic heterocycles. The van der Waals surface area contributed by atoms with Crippen LogP contribution in [0.4, 0.5) is 0 Å². The molecule has 0 aliphatic heterocycles. The molecule has 7 heteroatoms. The Morgan fingerprint density at radius 1 is 1.62 bits per heavy atom. The highest BCUT2D eigenvalue weighted by Gasteiger charge is 2.13. The summed E-state index contributed by atoms with van der Waals surface area (Å²) in [6, 6.07) is 1.98. The van der Waals surface area contributed by atoms with Gasteiger partial charge >= 0.3 is 0 Å². The molecule has 0 fully saturated rings. The molecule has 0 saturated carbocycles. The van der Waals surface area contributed by atoms with Crippen molar-refractivity contribution in [3.63, 3.8) is 0 Å². The fourth-order valence-corrected chi connectivity index (χ4v) is 1.62. The fraction of sp³-hybridized carbons (Fsp3) is 0.444. The number of hydrogen-bond donors (Lipinski definition) is 3. The Kier molecular flexibility index (Phi) is 3.28. The molecule has 0 aromatic carbocycles. The molecule has 0 bridgehead atoms. The topological polar surface area (TPSA) is 97.4 Å². The zero-order valence-electron chi connectivity index (χ0n) is 9.09. The van der Waals surface area contributed by atoms with Gasteiger partial charge in [-0.3, -0.25) is 15.6 Å². The van der Waals surface area contributed by atoms with Crippen LogP contribution >= 0.6 is 0 Å². The van der Waals surface area contributed by atoms with Crippen molar-refractivity contribution in [1.29, 1.82) is 0 Å². The molecule has 86 valence electrons. The molecule has 2 heterocycles. The van der Waals surface area contributed by atoms with E-state index in [0.717, 1.165) is 18.7 Å². The Morgan fingerprint density at radius 2 is 2.50 bits per heavy atom. The molecule has 0 amide bonds. The maximum absolute atomic E-state index is 5.48. The third-order valence-corrected chi connectivity index (χ3v) is 2.58. The van der Waals surface area contributed by atoms with Crippen LogP contribution in [0.1, 0.15) is 24.0 Å². The van der Waals surface area contributed by atoms with Gasteiger partial charge in [-0.25, -0.2) is 10.4 Å². The number of aromatic amines is 1. The monoisotopic (exact) mass is 221 g/mol. The van der Waals surface area contributed by atoms with Crippen LogP contribution in [0.15, 0.2) is 18.6 Å². The van der Waals surface area contributed by atoms with Crippen LogP contribution in [0.25, 0.3) is 0 Å². The Morgan fingerprint density at radius 3 is 3.06 bits per heavy atom. The van der Waals surface area contributed by atoms with E-state index < -0.39 is 0 Å². The normalized spacial score (nSPS) is 12.9. The quantitative estimate of drug-likeness (QED) is 0.474. The van der Waals surface area contributed by atoms with Crippen LogP contribution in [0, 0.1) is 0 Å². The molecular formula is C9H15N7. The van der Waals surface area contributed by atoms with Crippen LogP contribution < -0.4 is 11.3 Å². The predicted molar refractivity (Wildman–Crippen MR) is 58.0 cm³/mol. The third-order valence-electron chi connectivity index (χ3n) is 2.58. The largest absolute Gasteiger partial charge is 0.273 e. The van der Waals surface area contributed by atoms with Crippen molar-refractivity contribution in [2.75, 3.05) is 0 Å². The summed E-state index contributed by atoms with van der Waals surface area (Å²) < 4.78 is 1.86. The third kappa shape index (κ3) is 2.26. The first-order valence-corrected chi connectivity index (χ1v) is 5.09. The smallest absolute Gasteiger partial charge is 0.142 e. The van der Waals surface area contributed by atoms with E-state index >= 15 is 0 Å². The lowest BCUT2D eigenvalue weighted by Crippen LogP contribution is -2.29. The molecule has 0 aliphatic rings. The zero-order chi connectivity index (χ0) is 11.4. The van der Waals surface area contributed by atoms with Crippen molar-refractivity contribution in [2.45, 2.75) is 18.9 Å². The Balaban J connectivity index is 1.96.